The predicted octanol–water partition coefficient (Wildman–Crippen LogP) is 2.75. The van der Waals surface area contributed by atoms with Gasteiger partial charge in [0.2, 0.25) is 0 Å². The minimum Gasteiger partial charge on any atom is -0.486 e. The van der Waals surface area contributed by atoms with Crippen molar-refractivity contribution in [2.75, 3.05) is 32.8 Å². The summed E-state index contributed by atoms with van der Waals surface area (Å²) in [5, 5.41) is 14.7. The van der Waals surface area contributed by atoms with Gasteiger partial charge in [-0.15, -0.1) is 0 Å². The van der Waals surface area contributed by atoms with Gasteiger partial charge < -0.3 is 24.8 Å². The average Bonchev–Trinajstić information content (AvgIpc) is 3.24. The van der Waals surface area contributed by atoms with Crippen LogP contribution >= 0.6 is 0 Å². The van der Waals surface area contributed by atoms with Gasteiger partial charge in [-0.1, -0.05) is 36.4 Å². The van der Waals surface area contributed by atoms with E-state index in [0.29, 0.717) is 13.2 Å². The Bertz CT molecular complexity index is 732. The van der Waals surface area contributed by atoms with Gasteiger partial charge in [-0.25, -0.2) is 0 Å². The number of fused-ring (bicyclic) bond motifs is 1. The minimum atomic E-state index is -0.606. The fourth-order valence-electron chi connectivity index (χ4n) is 3.84. The van der Waals surface area contributed by atoms with Gasteiger partial charge in [0.1, 0.15) is 13.2 Å². The number of nitrogens with zero attached hydrogens (tertiary/aromatic N) is 1. The molecule has 4 rings (SSSR count). The number of likely N-dealkylation sites (tertiary alicyclic amines) is 1. The highest BCUT2D eigenvalue weighted by Crippen LogP contribution is 2.33. The molecule has 2 aromatic rings. The summed E-state index contributed by atoms with van der Waals surface area (Å²) >= 11 is 0. The number of ether oxygens (including phenoxy) is 2. The van der Waals surface area contributed by atoms with Crippen molar-refractivity contribution in [1.82, 2.24) is 10.2 Å². The Kier molecular flexibility index (Phi) is 5.92. The molecule has 2 aliphatic heterocycles. The Morgan fingerprint density at radius 3 is 2.48 bits per heavy atom. The predicted molar refractivity (Wildman–Crippen MR) is 105 cm³/mol. The minimum absolute atomic E-state index is 0.0501. The van der Waals surface area contributed by atoms with Crippen molar-refractivity contribution in [2.45, 2.75) is 31.5 Å². The van der Waals surface area contributed by atoms with Crippen LogP contribution in [0.15, 0.2) is 48.5 Å². The van der Waals surface area contributed by atoms with Crippen molar-refractivity contribution >= 4 is 0 Å². The summed E-state index contributed by atoms with van der Waals surface area (Å²) in [5.41, 5.74) is 2.09. The number of aliphatic hydroxyl groups is 1. The SMILES string of the molecule is OC(c1ccc2c(c1)OCCO2)C(CN1CCCC1)NCc1ccccc1. The summed E-state index contributed by atoms with van der Waals surface area (Å²) in [6, 6.07) is 16.0. The van der Waals surface area contributed by atoms with Crippen LogP contribution < -0.4 is 14.8 Å². The molecule has 0 aromatic heterocycles. The molecule has 0 saturated carbocycles. The van der Waals surface area contributed by atoms with E-state index < -0.39 is 6.10 Å². The largest absolute Gasteiger partial charge is 0.486 e. The lowest BCUT2D eigenvalue weighted by molar-refractivity contribution is 0.104. The van der Waals surface area contributed by atoms with E-state index in [1.165, 1.54) is 18.4 Å². The standard InChI is InChI=1S/C22H28N2O3/c25-22(18-8-9-20-21(14-18)27-13-12-26-20)19(16-24-10-4-5-11-24)23-15-17-6-2-1-3-7-17/h1-3,6-9,14,19,22-23,25H,4-5,10-13,15-16H2. The van der Waals surface area contributed by atoms with Crippen LogP contribution in [0.1, 0.15) is 30.1 Å². The van der Waals surface area contributed by atoms with Gasteiger partial charge in [-0.3, -0.25) is 0 Å². The Balaban J connectivity index is 1.49. The number of hydrogen-bond donors (Lipinski definition) is 2. The Labute approximate surface area is 160 Å². The second-order valence-electron chi connectivity index (χ2n) is 7.33. The number of aliphatic hydroxyl groups excluding tert-OH is 1. The van der Waals surface area contributed by atoms with Crippen molar-refractivity contribution in [3.05, 3.63) is 59.7 Å². The molecule has 0 aliphatic carbocycles. The normalized spacial score (nSPS) is 19.0. The van der Waals surface area contributed by atoms with E-state index in [0.717, 1.165) is 43.2 Å². The van der Waals surface area contributed by atoms with Crippen LogP contribution in [0, 0.1) is 0 Å². The quantitative estimate of drug-likeness (QED) is 0.787. The molecule has 5 nitrogen and oxygen atoms in total. The third kappa shape index (κ3) is 4.61. The molecule has 0 bridgehead atoms. The highest BCUT2D eigenvalue weighted by molar-refractivity contribution is 5.44. The molecule has 27 heavy (non-hydrogen) atoms. The van der Waals surface area contributed by atoms with Gasteiger partial charge in [0, 0.05) is 13.1 Å². The Hall–Kier alpha value is -2.08. The molecule has 0 amide bonds. The summed E-state index contributed by atoms with van der Waals surface area (Å²) < 4.78 is 11.3. The van der Waals surface area contributed by atoms with E-state index in [1.807, 2.05) is 36.4 Å². The van der Waals surface area contributed by atoms with Crippen LogP contribution in [0.25, 0.3) is 0 Å². The lowest BCUT2D eigenvalue weighted by Crippen LogP contribution is -2.43. The average molecular weight is 368 g/mol. The fourth-order valence-corrected chi connectivity index (χ4v) is 3.84. The van der Waals surface area contributed by atoms with Crippen molar-refractivity contribution in [3.63, 3.8) is 0 Å². The summed E-state index contributed by atoms with van der Waals surface area (Å²) in [7, 11) is 0. The smallest absolute Gasteiger partial charge is 0.161 e. The van der Waals surface area contributed by atoms with Crippen molar-refractivity contribution in [2.24, 2.45) is 0 Å². The maximum atomic E-state index is 11.1. The maximum Gasteiger partial charge on any atom is 0.161 e. The van der Waals surface area contributed by atoms with Crippen LogP contribution in [-0.4, -0.2) is 48.9 Å². The molecule has 2 aliphatic rings. The van der Waals surface area contributed by atoms with Crippen molar-refractivity contribution in [3.8, 4) is 11.5 Å². The number of hydrogen-bond acceptors (Lipinski definition) is 5. The zero-order valence-corrected chi connectivity index (χ0v) is 15.6. The van der Waals surface area contributed by atoms with Gasteiger partial charge in [0.15, 0.2) is 11.5 Å². The molecule has 1 fully saturated rings. The molecule has 2 N–H and O–H groups in total. The molecular weight excluding hydrogens is 340 g/mol. The highest BCUT2D eigenvalue weighted by atomic mass is 16.6. The number of nitrogens with one attached hydrogen (secondary N) is 1. The van der Waals surface area contributed by atoms with E-state index in [2.05, 4.69) is 22.3 Å². The lowest BCUT2D eigenvalue weighted by Gasteiger charge is -2.29. The summed E-state index contributed by atoms with van der Waals surface area (Å²) in [5.74, 6) is 1.48. The van der Waals surface area contributed by atoms with Gasteiger partial charge in [0.25, 0.3) is 0 Å². The van der Waals surface area contributed by atoms with Gasteiger partial charge in [-0.2, -0.15) is 0 Å². The van der Waals surface area contributed by atoms with E-state index >= 15 is 0 Å². The van der Waals surface area contributed by atoms with E-state index in [1.54, 1.807) is 0 Å². The third-order valence-electron chi connectivity index (χ3n) is 5.35. The first-order valence-corrected chi connectivity index (χ1v) is 9.87. The van der Waals surface area contributed by atoms with Crippen LogP contribution in [0.4, 0.5) is 0 Å². The van der Waals surface area contributed by atoms with Crippen LogP contribution in [0.3, 0.4) is 0 Å². The zero-order valence-electron chi connectivity index (χ0n) is 15.6. The lowest BCUT2D eigenvalue weighted by atomic mass is 10.0. The third-order valence-corrected chi connectivity index (χ3v) is 5.35. The van der Waals surface area contributed by atoms with E-state index in [4.69, 9.17) is 9.47 Å². The molecule has 144 valence electrons. The molecular formula is C22H28N2O3. The van der Waals surface area contributed by atoms with Gasteiger partial charge in [0.05, 0.1) is 12.1 Å². The molecule has 2 aromatic carbocycles. The van der Waals surface area contributed by atoms with Crippen LogP contribution in [0.5, 0.6) is 11.5 Å². The summed E-state index contributed by atoms with van der Waals surface area (Å²) in [6.45, 7) is 4.92. The van der Waals surface area contributed by atoms with E-state index in [9.17, 15) is 5.11 Å². The molecule has 0 spiro atoms. The zero-order chi connectivity index (χ0) is 18.5. The van der Waals surface area contributed by atoms with Crippen molar-refractivity contribution in [1.29, 1.82) is 0 Å². The van der Waals surface area contributed by atoms with Gasteiger partial charge in [-0.05, 0) is 49.2 Å². The Morgan fingerprint density at radius 1 is 0.963 bits per heavy atom. The van der Waals surface area contributed by atoms with Gasteiger partial charge >= 0.3 is 0 Å². The fraction of sp³-hybridized carbons (Fsp3) is 0.455. The topological polar surface area (TPSA) is 54.0 Å². The number of rotatable bonds is 7. The second-order valence-corrected chi connectivity index (χ2v) is 7.33. The molecule has 2 unspecified atom stereocenters. The van der Waals surface area contributed by atoms with Crippen LogP contribution in [0.2, 0.25) is 0 Å². The molecule has 2 atom stereocenters. The monoisotopic (exact) mass is 368 g/mol. The van der Waals surface area contributed by atoms with E-state index in [-0.39, 0.29) is 6.04 Å². The first-order valence-electron chi connectivity index (χ1n) is 9.87. The summed E-state index contributed by atoms with van der Waals surface area (Å²) in [6.07, 6.45) is 1.88. The molecule has 2 heterocycles. The number of benzene rings is 2. The first kappa shape index (κ1) is 18.3. The van der Waals surface area contributed by atoms with Crippen molar-refractivity contribution < 1.29 is 14.6 Å². The molecule has 5 heteroatoms. The second kappa shape index (κ2) is 8.74. The summed E-state index contributed by atoms with van der Waals surface area (Å²) in [4.78, 5) is 2.43. The highest BCUT2D eigenvalue weighted by Gasteiger charge is 2.26. The first-order chi connectivity index (χ1) is 13.3. The maximum absolute atomic E-state index is 11.1. The molecule has 1 saturated heterocycles. The molecule has 0 radical (unpaired) electrons. The Morgan fingerprint density at radius 2 is 1.70 bits per heavy atom. The van der Waals surface area contributed by atoms with Crippen LogP contribution in [-0.2, 0) is 6.54 Å².